The first kappa shape index (κ1) is 13.0. The minimum Gasteiger partial charge on any atom is -0.373 e. The van der Waals surface area contributed by atoms with Crippen LogP contribution >= 0.6 is 0 Å². The summed E-state index contributed by atoms with van der Waals surface area (Å²) in [5, 5.41) is 3.26. The van der Waals surface area contributed by atoms with Crippen molar-refractivity contribution in [2.75, 3.05) is 32.1 Å². The highest BCUT2D eigenvalue weighted by Crippen LogP contribution is 2.16. The molecule has 1 heterocycles. The van der Waals surface area contributed by atoms with E-state index >= 15 is 0 Å². The lowest BCUT2D eigenvalue weighted by atomic mass is 9.95. The fraction of sp³-hybridized carbons (Fsp3) is 0.615. The fourth-order valence-corrected chi connectivity index (χ4v) is 1.81. The Hall–Kier alpha value is -1.09. The number of nitrogens with zero attached hydrogens (tertiary/aromatic N) is 2. The molecule has 0 saturated carbocycles. The van der Waals surface area contributed by atoms with Crippen LogP contribution in [0.2, 0.25) is 0 Å². The second kappa shape index (κ2) is 6.48. The van der Waals surface area contributed by atoms with Gasteiger partial charge in [-0.05, 0) is 37.6 Å². The van der Waals surface area contributed by atoms with E-state index in [1.54, 1.807) is 0 Å². The Morgan fingerprint density at radius 1 is 1.44 bits per heavy atom. The van der Waals surface area contributed by atoms with E-state index in [9.17, 15) is 0 Å². The standard InChI is InChI=1S/C13H23N3/c1-11(2)12(8-14-3)10-16(4)13-6-5-7-15-9-13/h5-7,9,11-12,14H,8,10H2,1-4H3. The minimum absolute atomic E-state index is 0.662. The number of nitrogens with one attached hydrogen (secondary N) is 1. The Kier molecular flexibility index (Phi) is 5.26. The third-order valence-electron chi connectivity index (χ3n) is 3.00. The van der Waals surface area contributed by atoms with Gasteiger partial charge in [-0.25, -0.2) is 0 Å². The molecule has 0 spiro atoms. The van der Waals surface area contributed by atoms with E-state index in [4.69, 9.17) is 0 Å². The van der Waals surface area contributed by atoms with Gasteiger partial charge in [0.05, 0.1) is 11.9 Å². The van der Waals surface area contributed by atoms with Crippen LogP contribution in [0.15, 0.2) is 24.5 Å². The number of anilines is 1. The highest BCUT2D eigenvalue weighted by Gasteiger charge is 2.15. The molecule has 16 heavy (non-hydrogen) atoms. The summed E-state index contributed by atoms with van der Waals surface area (Å²) < 4.78 is 0. The van der Waals surface area contributed by atoms with Gasteiger partial charge in [0.2, 0.25) is 0 Å². The molecule has 0 bridgehead atoms. The topological polar surface area (TPSA) is 28.2 Å². The summed E-state index contributed by atoms with van der Waals surface area (Å²) >= 11 is 0. The maximum Gasteiger partial charge on any atom is 0.0550 e. The first-order valence-corrected chi connectivity index (χ1v) is 5.91. The van der Waals surface area contributed by atoms with Gasteiger partial charge in [0.25, 0.3) is 0 Å². The van der Waals surface area contributed by atoms with E-state index in [1.165, 1.54) is 5.69 Å². The largest absolute Gasteiger partial charge is 0.373 e. The Morgan fingerprint density at radius 3 is 2.69 bits per heavy atom. The maximum absolute atomic E-state index is 4.15. The van der Waals surface area contributed by atoms with Crippen molar-refractivity contribution in [3.05, 3.63) is 24.5 Å². The van der Waals surface area contributed by atoms with Crippen LogP contribution in [0.5, 0.6) is 0 Å². The van der Waals surface area contributed by atoms with Crippen LogP contribution in [0.1, 0.15) is 13.8 Å². The average Bonchev–Trinajstić information content (AvgIpc) is 2.29. The summed E-state index contributed by atoms with van der Waals surface area (Å²) in [6.07, 6.45) is 3.72. The van der Waals surface area contributed by atoms with Crippen molar-refractivity contribution in [3.63, 3.8) is 0 Å². The molecule has 0 saturated heterocycles. The van der Waals surface area contributed by atoms with Crippen LogP contribution in [0.25, 0.3) is 0 Å². The summed E-state index contributed by atoms with van der Waals surface area (Å²) in [5.41, 5.74) is 1.18. The number of pyridine rings is 1. The highest BCUT2D eigenvalue weighted by molar-refractivity contribution is 5.42. The van der Waals surface area contributed by atoms with Crippen molar-refractivity contribution >= 4 is 5.69 Å². The van der Waals surface area contributed by atoms with Gasteiger partial charge in [0.1, 0.15) is 0 Å². The van der Waals surface area contributed by atoms with Gasteiger partial charge in [-0.3, -0.25) is 4.98 Å². The van der Waals surface area contributed by atoms with Crippen molar-refractivity contribution in [2.45, 2.75) is 13.8 Å². The smallest absolute Gasteiger partial charge is 0.0550 e. The van der Waals surface area contributed by atoms with Crippen LogP contribution in [0.4, 0.5) is 5.69 Å². The SMILES string of the molecule is CNCC(CN(C)c1cccnc1)C(C)C. The van der Waals surface area contributed by atoms with Crippen LogP contribution < -0.4 is 10.2 Å². The van der Waals surface area contributed by atoms with Crippen LogP contribution in [-0.2, 0) is 0 Å². The molecule has 0 fully saturated rings. The van der Waals surface area contributed by atoms with Crippen molar-refractivity contribution in [3.8, 4) is 0 Å². The molecule has 3 heteroatoms. The number of hydrogen-bond acceptors (Lipinski definition) is 3. The van der Waals surface area contributed by atoms with E-state index in [-0.39, 0.29) is 0 Å². The molecule has 0 aliphatic rings. The summed E-state index contributed by atoms with van der Waals surface area (Å²) in [7, 11) is 4.14. The molecule has 1 N–H and O–H groups in total. The van der Waals surface area contributed by atoms with Crippen LogP contribution in [0.3, 0.4) is 0 Å². The zero-order valence-electron chi connectivity index (χ0n) is 10.8. The second-order valence-electron chi connectivity index (χ2n) is 4.65. The van der Waals surface area contributed by atoms with Gasteiger partial charge in [-0.15, -0.1) is 0 Å². The van der Waals surface area contributed by atoms with Gasteiger partial charge in [-0.1, -0.05) is 13.8 Å². The number of hydrogen-bond donors (Lipinski definition) is 1. The second-order valence-corrected chi connectivity index (χ2v) is 4.65. The van der Waals surface area contributed by atoms with Gasteiger partial charge >= 0.3 is 0 Å². The van der Waals surface area contributed by atoms with Gasteiger partial charge in [0, 0.05) is 19.8 Å². The summed E-state index contributed by atoms with van der Waals surface area (Å²) in [6.45, 7) is 6.67. The lowest BCUT2D eigenvalue weighted by Crippen LogP contribution is -2.34. The van der Waals surface area contributed by atoms with E-state index in [1.807, 2.05) is 25.5 Å². The number of rotatable bonds is 6. The predicted octanol–water partition coefficient (Wildman–Crippen LogP) is 2.01. The van der Waals surface area contributed by atoms with Crippen LogP contribution in [0, 0.1) is 11.8 Å². The molecule has 0 aromatic carbocycles. The lowest BCUT2D eigenvalue weighted by Gasteiger charge is -2.28. The minimum atomic E-state index is 0.662. The Balaban J connectivity index is 2.58. The van der Waals surface area contributed by atoms with E-state index in [0.717, 1.165) is 13.1 Å². The molecule has 0 aliphatic heterocycles. The first-order valence-electron chi connectivity index (χ1n) is 5.91. The molecule has 0 radical (unpaired) electrons. The van der Waals surface area contributed by atoms with E-state index < -0.39 is 0 Å². The van der Waals surface area contributed by atoms with Crippen molar-refractivity contribution in [1.29, 1.82) is 0 Å². The molecule has 1 atom stereocenters. The Bertz CT molecular complexity index is 284. The maximum atomic E-state index is 4.15. The summed E-state index contributed by atoms with van der Waals surface area (Å²) in [5.74, 6) is 1.35. The predicted molar refractivity (Wildman–Crippen MR) is 69.8 cm³/mol. The molecule has 1 rings (SSSR count). The van der Waals surface area contributed by atoms with Gasteiger partial charge in [0.15, 0.2) is 0 Å². The van der Waals surface area contributed by atoms with Gasteiger partial charge in [-0.2, -0.15) is 0 Å². The summed E-state index contributed by atoms with van der Waals surface area (Å²) in [4.78, 5) is 6.42. The van der Waals surface area contributed by atoms with Crippen molar-refractivity contribution < 1.29 is 0 Å². The molecule has 0 aliphatic carbocycles. The van der Waals surface area contributed by atoms with Crippen molar-refractivity contribution in [1.82, 2.24) is 10.3 Å². The Labute approximate surface area is 98.9 Å². The zero-order chi connectivity index (χ0) is 12.0. The monoisotopic (exact) mass is 221 g/mol. The van der Waals surface area contributed by atoms with E-state index in [2.05, 4.69) is 42.2 Å². The van der Waals surface area contributed by atoms with Crippen LogP contribution in [-0.4, -0.2) is 32.2 Å². The molecule has 3 nitrogen and oxygen atoms in total. The highest BCUT2D eigenvalue weighted by atomic mass is 15.1. The molecule has 90 valence electrons. The Morgan fingerprint density at radius 2 is 2.19 bits per heavy atom. The third-order valence-corrected chi connectivity index (χ3v) is 3.00. The lowest BCUT2D eigenvalue weighted by molar-refractivity contribution is 0.376. The van der Waals surface area contributed by atoms with Crippen molar-refractivity contribution in [2.24, 2.45) is 11.8 Å². The molecular weight excluding hydrogens is 198 g/mol. The fourth-order valence-electron chi connectivity index (χ4n) is 1.81. The number of aromatic nitrogens is 1. The zero-order valence-corrected chi connectivity index (χ0v) is 10.8. The first-order chi connectivity index (χ1) is 7.65. The summed E-state index contributed by atoms with van der Waals surface area (Å²) in [6, 6.07) is 4.08. The normalized spacial score (nSPS) is 12.8. The molecule has 0 amide bonds. The van der Waals surface area contributed by atoms with Gasteiger partial charge < -0.3 is 10.2 Å². The quantitative estimate of drug-likeness (QED) is 0.796. The molecular formula is C13H23N3. The molecule has 1 aromatic heterocycles. The van der Waals surface area contributed by atoms with E-state index in [0.29, 0.717) is 11.8 Å². The average molecular weight is 221 g/mol. The molecule has 1 unspecified atom stereocenters. The molecule has 1 aromatic rings. The third kappa shape index (κ3) is 3.81.